The zero-order chi connectivity index (χ0) is 12.8. The van der Waals surface area contributed by atoms with Gasteiger partial charge in [0.25, 0.3) is 0 Å². The molecule has 1 aliphatic heterocycles. The molecular weight excluding hydrogens is 228 g/mol. The first-order chi connectivity index (χ1) is 8.85. The van der Waals surface area contributed by atoms with Gasteiger partial charge in [0.1, 0.15) is 11.5 Å². The number of hydrogen-bond acceptors (Lipinski definition) is 4. The molecule has 2 rings (SSSR count). The van der Waals surface area contributed by atoms with E-state index in [1.165, 1.54) is 0 Å². The van der Waals surface area contributed by atoms with Crippen molar-refractivity contribution in [2.75, 3.05) is 26.3 Å². The van der Waals surface area contributed by atoms with Gasteiger partial charge in [-0.25, -0.2) is 0 Å². The van der Waals surface area contributed by atoms with E-state index in [0.717, 1.165) is 44.1 Å². The van der Waals surface area contributed by atoms with Crippen molar-refractivity contribution in [2.45, 2.75) is 32.2 Å². The lowest BCUT2D eigenvalue weighted by molar-refractivity contribution is -0.0166. The fraction of sp³-hybridized carbons (Fsp3) is 0.643. The number of furan rings is 1. The first-order valence-corrected chi connectivity index (χ1v) is 6.62. The molecule has 1 fully saturated rings. The molecule has 1 atom stereocenters. The number of aryl methyl sites for hydroxylation is 1. The van der Waals surface area contributed by atoms with Crippen LogP contribution < -0.4 is 0 Å². The summed E-state index contributed by atoms with van der Waals surface area (Å²) in [6.45, 7) is 5.39. The Morgan fingerprint density at radius 1 is 1.50 bits per heavy atom. The van der Waals surface area contributed by atoms with Crippen molar-refractivity contribution in [1.29, 1.82) is 5.26 Å². The second kappa shape index (κ2) is 6.58. The Hall–Kier alpha value is -1.31. The predicted octanol–water partition coefficient (Wildman–Crippen LogP) is 2.52. The summed E-state index contributed by atoms with van der Waals surface area (Å²) in [6, 6.07) is 6.49. The van der Waals surface area contributed by atoms with E-state index in [0.29, 0.717) is 13.0 Å². The van der Waals surface area contributed by atoms with Crippen LogP contribution >= 0.6 is 0 Å². The number of ether oxygens (including phenoxy) is 1. The number of nitriles is 1. The third-order valence-corrected chi connectivity index (χ3v) is 3.33. The largest absolute Gasteiger partial charge is 0.464 e. The maximum Gasteiger partial charge on any atom is 0.123 e. The van der Waals surface area contributed by atoms with E-state index in [1.807, 2.05) is 6.07 Å². The van der Waals surface area contributed by atoms with Crippen molar-refractivity contribution < 1.29 is 9.15 Å². The number of morpholine rings is 1. The van der Waals surface area contributed by atoms with Crippen LogP contribution in [0.25, 0.3) is 0 Å². The third-order valence-electron chi connectivity index (χ3n) is 3.33. The van der Waals surface area contributed by atoms with E-state index in [2.05, 4.69) is 24.0 Å². The monoisotopic (exact) mass is 248 g/mol. The van der Waals surface area contributed by atoms with E-state index in [4.69, 9.17) is 14.4 Å². The van der Waals surface area contributed by atoms with Gasteiger partial charge in [0.05, 0.1) is 25.3 Å². The van der Waals surface area contributed by atoms with Gasteiger partial charge in [-0.1, -0.05) is 6.92 Å². The molecule has 0 amide bonds. The van der Waals surface area contributed by atoms with Crippen molar-refractivity contribution in [3.05, 3.63) is 23.7 Å². The molecule has 2 heterocycles. The maximum atomic E-state index is 8.60. The molecule has 0 spiro atoms. The SMILES string of the molecule is CCc1ccc(C2COCCN2CCCC#N)o1. The molecule has 0 aromatic carbocycles. The topological polar surface area (TPSA) is 49.4 Å². The fourth-order valence-electron chi connectivity index (χ4n) is 2.29. The van der Waals surface area contributed by atoms with E-state index in [1.54, 1.807) is 0 Å². The normalized spacial score (nSPS) is 20.8. The van der Waals surface area contributed by atoms with Crippen LogP contribution in [-0.4, -0.2) is 31.2 Å². The minimum atomic E-state index is 0.206. The van der Waals surface area contributed by atoms with Crippen LogP contribution in [0.15, 0.2) is 16.5 Å². The van der Waals surface area contributed by atoms with Gasteiger partial charge in [-0.3, -0.25) is 4.90 Å². The van der Waals surface area contributed by atoms with Crippen molar-refractivity contribution in [3.63, 3.8) is 0 Å². The molecular formula is C14H20N2O2. The minimum Gasteiger partial charge on any atom is -0.464 e. The molecule has 4 heteroatoms. The summed E-state index contributed by atoms with van der Waals surface area (Å²) in [7, 11) is 0. The lowest BCUT2D eigenvalue weighted by Crippen LogP contribution is -2.39. The van der Waals surface area contributed by atoms with Crippen molar-refractivity contribution >= 4 is 0 Å². The Bertz CT molecular complexity index is 408. The fourth-order valence-corrected chi connectivity index (χ4v) is 2.29. The highest BCUT2D eigenvalue weighted by molar-refractivity contribution is 5.11. The third kappa shape index (κ3) is 3.12. The Morgan fingerprint density at radius 2 is 2.39 bits per heavy atom. The van der Waals surface area contributed by atoms with Crippen LogP contribution in [0.4, 0.5) is 0 Å². The van der Waals surface area contributed by atoms with Gasteiger partial charge < -0.3 is 9.15 Å². The Morgan fingerprint density at radius 3 is 3.11 bits per heavy atom. The van der Waals surface area contributed by atoms with Gasteiger partial charge in [-0.2, -0.15) is 5.26 Å². The lowest BCUT2D eigenvalue weighted by atomic mass is 10.1. The van der Waals surface area contributed by atoms with Crippen LogP contribution in [0.2, 0.25) is 0 Å². The highest BCUT2D eigenvalue weighted by Gasteiger charge is 2.26. The van der Waals surface area contributed by atoms with E-state index in [-0.39, 0.29) is 6.04 Å². The van der Waals surface area contributed by atoms with E-state index < -0.39 is 0 Å². The summed E-state index contributed by atoms with van der Waals surface area (Å²) in [5.74, 6) is 2.01. The molecule has 1 aliphatic rings. The summed E-state index contributed by atoms with van der Waals surface area (Å²) in [4.78, 5) is 2.36. The Kier molecular flexibility index (Phi) is 4.80. The molecule has 1 saturated heterocycles. The molecule has 1 aromatic rings. The second-order valence-corrected chi connectivity index (χ2v) is 4.55. The van der Waals surface area contributed by atoms with Crippen LogP contribution in [0.5, 0.6) is 0 Å². The van der Waals surface area contributed by atoms with Crippen molar-refractivity contribution in [3.8, 4) is 6.07 Å². The molecule has 0 N–H and O–H groups in total. The molecule has 98 valence electrons. The highest BCUT2D eigenvalue weighted by atomic mass is 16.5. The Balaban J connectivity index is 2.00. The summed E-state index contributed by atoms with van der Waals surface area (Å²) in [5, 5.41) is 8.60. The first kappa shape index (κ1) is 13.1. The van der Waals surface area contributed by atoms with Crippen molar-refractivity contribution in [1.82, 2.24) is 4.90 Å². The number of hydrogen-bond donors (Lipinski definition) is 0. The number of nitrogens with zero attached hydrogens (tertiary/aromatic N) is 2. The predicted molar refractivity (Wildman–Crippen MR) is 68.1 cm³/mol. The molecule has 0 saturated carbocycles. The van der Waals surface area contributed by atoms with Gasteiger partial charge in [-0.05, 0) is 18.6 Å². The molecule has 1 unspecified atom stereocenters. The average Bonchev–Trinajstić information content (AvgIpc) is 2.88. The molecule has 0 radical (unpaired) electrons. The van der Waals surface area contributed by atoms with Crippen LogP contribution in [0.1, 0.15) is 37.3 Å². The number of unbranched alkanes of at least 4 members (excludes halogenated alkanes) is 1. The number of rotatable bonds is 5. The summed E-state index contributed by atoms with van der Waals surface area (Å²) < 4.78 is 11.4. The molecule has 0 aliphatic carbocycles. The zero-order valence-electron chi connectivity index (χ0n) is 10.9. The Labute approximate surface area is 108 Å². The zero-order valence-corrected chi connectivity index (χ0v) is 10.9. The van der Waals surface area contributed by atoms with Crippen LogP contribution in [-0.2, 0) is 11.2 Å². The van der Waals surface area contributed by atoms with Crippen LogP contribution in [0.3, 0.4) is 0 Å². The first-order valence-electron chi connectivity index (χ1n) is 6.62. The minimum absolute atomic E-state index is 0.206. The summed E-state index contributed by atoms with van der Waals surface area (Å²) in [6.07, 6.45) is 2.44. The van der Waals surface area contributed by atoms with Crippen LogP contribution in [0, 0.1) is 11.3 Å². The van der Waals surface area contributed by atoms with Gasteiger partial charge in [0.2, 0.25) is 0 Å². The van der Waals surface area contributed by atoms with Gasteiger partial charge >= 0.3 is 0 Å². The van der Waals surface area contributed by atoms with Gasteiger partial charge in [0, 0.05) is 25.9 Å². The summed E-state index contributed by atoms with van der Waals surface area (Å²) in [5.41, 5.74) is 0. The smallest absolute Gasteiger partial charge is 0.123 e. The lowest BCUT2D eigenvalue weighted by Gasteiger charge is -2.34. The second-order valence-electron chi connectivity index (χ2n) is 4.55. The van der Waals surface area contributed by atoms with Crippen molar-refractivity contribution in [2.24, 2.45) is 0 Å². The van der Waals surface area contributed by atoms with E-state index in [9.17, 15) is 0 Å². The quantitative estimate of drug-likeness (QED) is 0.751. The summed E-state index contributed by atoms with van der Waals surface area (Å²) >= 11 is 0. The molecule has 4 nitrogen and oxygen atoms in total. The van der Waals surface area contributed by atoms with Gasteiger partial charge in [0.15, 0.2) is 0 Å². The highest BCUT2D eigenvalue weighted by Crippen LogP contribution is 2.26. The molecule has 0 bridgehead atoms. The average molecular weight is 248 g/mol. The molecule has 18 heavy (non-hydrogen) atoms. The molecule has 1 aromatic heterocycles. The van der Waals surface area contributed by atoms with E-state index >= 15 is 0 Å². The maximum absolute atomic E-state index is 8.60. The standard InChI is InChI=1S/C14H20N2O2/c1-2-12-5-6-14(18-12)13-11-17-10-9-16(13)8-4-3-7-15/h5-6,13H,2-4,8-11H2,1H3. The van der Waals surface area contributed by atoms with Gasteiger partial charge in [-0.15, -0.1) is 0 Å².